The van der Waals surface area contributed by atoms with Crippen LogP contribution < -0.4 is 5.32 Å². The van der Waals surface area contributed by atoms with Gasteiger partial charge in [-0.25, -0.2) is 4.79 Å². The molecular weight excluding hydrogens is 328 g/mol. The lowest BCUT2D eigenvalue weighted by molar-refractivity contribution is -0.148. The minimum absolute atomic E-state index is 0.109. The molecule has 1 N–H and O–H groups in total. The molecule has 1 aliphatic heterocycles. The molecule has 0 radical (unpaired) electrons. The number of hydrogen-bond donors (Lipinski definition) is 1. The maximum absolute atomic E-state index is 11.8. The number of nitrogens with one attached hydrogen (secondary N) is 1. The molecule has 1 heterocycles. The summed E-state index contributed by atoms with van der Waals surface area (Å²) in [6, 6.07) is 13.5. The van der Waals surface area contributed by atoms with Crippen molar-refractivity contribution in [2.75, 3.05) is 25.4 Å². The van der Waals surface area contributed by atoms with E-state index in [1.54, 1.807) is 0 Å². The molecule has 1 fully saturated rings. The highest BCUT2D eigenvalue weighted by Crippen LogP contribution is 2.23. The Balaban J connectivity index is 1.48. The fourth-order valence-electron chi connectivity index (χ4n) is 2.37. The van der Waals surface area contributed by atoms with Crippen LogP contribution in [0.4, 0.5) is 4.79 Å². The largest absolute Gasteiger partial charge is 0.455 e. The van der Waals surface area contributed by atoms with Gasteiger partial charge in [0, 0.05) is 18.0 Å². The Bertz CT molecular complexity index is 793. The number of ether oxygens (including phenoxy) is 1. The molecule has 2 aromatic carbocycles. The van der Waals surface area contributed by atoms with Crippen LogP contribution >= 0.6 is 11.8 Å². The van der Waals surface area contributed by atoms with E-state index in [4.69, 9.17) is 4.74 Å². The number of urea groups is 1. The zero-order chi connectivity index (χ0) is 16.9. The molecule has 0 bridgehead atoms. The third-order valence-electron chi connectivity index (χ3n) is 3.59. The fourth-order valence-corrected chi connectivity index (χ4v) is 3.11. The first kappa shape index (κ1) is 16.3. The normalized spacial score (nSPS) is 13.8. The number of imide groups is 1. The number of carbonyl (C=O) groups excluding carboxylic acids is 3. The maximum atomic E-state index is 11.8. The van der Waals surface area contributed by atoms with Crippen molar-refractivity contribution in [1.29, 1.82) is 0 Å². The molecule has 3 amide bonds. The lowest BCUT2D eigenvalue weighted by Crippen LogP contribution is -2.37. The number of rotatable bonds is 5. The summed E-state index contributed by atoms with van der Waals surface area (Å²) in [6.45, 7) is 0.321. The summed E-state index contributed by atoms with van der Waals surface area (Å²) in [6.07, 6.45) is 0. The van der Waals surface area contributed by atoms with Crippen molar-refractivity contribution >= 4 is 40.4 Å². The summed E-state index contributed by atoms with van der Waals surface area (Å²) in [5, 5.41) is 4.76. The van der Waals surface area contributed by atoms with Gasteiger partial charge in [0.2, 0.25) is 0 Å². The first-order chi connectivity index (χ1) is 11.6. The summed E-state index contributed by atoms with van der Waals surface area (Å²) in [4.78, 5) is 36.9. The van der Waals surface area contributed by atoms with Crippen LogP contribution in [0.3, 0.4) is 0 Å². The van der Waals surface area contributed by atoms with Crippen LogP contribution in [-0.2, 0) is 14.3 Å². The molecule has 0 unspecified atom stereocenters. The van der Waals surface area contributed by atoms with E-state index in [1.807, 2.05) is 42.5 Å². The van der Waals surface area contributed by atoms with Gasteiger partial charge in [-0.1, -0.05) is 30.3 Å². The Morgan fingerprint density at radius 1 is 1.17 bits per heavy atom. The topological polar surface area (TPSA) is 75.7 Å². The monoisotopic (exact) mass is 344 g/mol. The van der Waals surface area contributed by atoms with Gasteiger partial charge in [0.25, 0.3) is 5.91 Å². The Labute approximate surface area is 143 Å². The standard InChI is InChI=1S/C17H16N2O4S/c20-15(19-8-7-18-17(19)22)10-23-16(21)11-24-14-6-5-12-3-1-2-4-13(12)9-14/h1-6,9H,7-8,10-11H2,(H,18,22). The van der Waals surface area contributed by atoms with Gasteiger partial charge in [0.05, 0.1) is 5.75 Å². The van der Waals surface area contributed by atoms with Gasteiger partial charge in [-0.05, 0) is 22.9 Å². The first-order valence-electron chi connectivity index (χ1n) is 7.49. The fraction of sp³-hybridized carbons (Fsp3) is 0.235. The molecule has 0 atom stereocenters. The predicted octanol–water partition coefficient (Wildman–Crippen LogP) is 2.03. The second-order valence-electron chi connectivity index (χ2n) is 5.24. The number of carbonyl (C=O) groups is 3. The molecule has 124 valence electrons. The Morgan fingerprint density at radius 3 is 2.71 bits per heavy atom. The number of thioether (sulfide) groups is 1. The van der Waals surface area contributed by atoms with Crippen LogP contribution in [0.5, 0.6) is 0 Å². The second-order valence-corrected chi connectivity index (χ2v) is 6.28. The van der Waals surface area contributed by atoms with Crippen molar-refractivity contribution in [1.82, 2.24) is 10.2 Å². The minimum Gasteiger partial charge on any atom is -0.455 e. The van der Waals surface area contributed by atoms with Gasteiger partial charge in [0.15, 0.2) is 6.61 Å². The van der Waals surface area contributed by atoms with Crippen molar-refractivity contribution in [3.05, 3.63) is 42.5 Å². The van der Waals surface area contributed by atoms with Crippen LogP contribution in [0.1, 0.15) is 0 Å². The lowest BCUT2D eigenvalue weighted by Gasteiger charge is -2.12. The van der Waals surface area contributed by atoms with Crippen molar-refractivity contribution < 1.29 is 19.1 Å². The van der Waals surface area contributed by atoms with Gasteiger partial charge in [-0.3, -0.25) is 14.5 Å². The highest BCUT2D eigenvalue weighted by atomic mass is 32.2. The molecule has 1 saturated heterocycles. The highest BCUT2D eigenvalue weighted by molar-refractivity contribution is 8.00. The molecule has 7 heteroatoms. The molecule has 3 rings (SSSR count). The van der Waals surface area contributed by atoms with Gasteiger partial charge in [0.1, 0.15) is 0 Å². The van der Waals surface area contributed by atoms with Crippen molar-refractivity contribution in [3.63, 3.8) is 0 Å². The molecule has 2 aromatic rings. The van der Waals surface area contributed by atoms with E-state index in [0.717, 1.165) is 20.6 Å². The molecule has 0 spiro atoms. The first-order valence-corrected chi connectivity index (χ1v) is 8.47. The summed E-state index contributed by atoms with van der Waals surface area (Å²) in [5.74, 6) is -0.882. The van der Waals surface area contributed by atoms with E-state index in [0.29, 0.717) is 13.1 Å². The number of fused-ring (bicyclic) bond motifs is 1. The van der Waals surface area contributed by atoms with Gasteiger partial charge in [-0.2, -0.15) is 0 Å². The predicted molar refractivity (Wildman–Crippen MR) is 90.7 cm³/mol. The summed E-state index contributed by atoms with van der Waals surface area (Å²) in [7, 11) is 0. The Kier molecular flexibility index (Phi) is 5.00. The maximum Gasteiger partial charge on any atom is 0.324 e. The molecule has 0 saturated carbocycles. The van der Waals surface area contributed by atoms with Crippen LogP contribution in [-0.4, -0.2) is 48.3 Å². The number of amides is 3. The highest BCUT2D eigenvalue weighted by Gasteiger charge is 2.26. The van der Waals surface area contributed by atoms with Gasteiger partial charge >= 0.3 is 12.0 Å². The molecule has 0 aromatic heterocycles. The molecule has 24 heavy (non-hydrogen) atoms. The van der Waals surface area contributed by atoms with Crippen LogP contribution in [0.15, 0.2) is 47.4 Å². The Morgan fingerprint density at radius 2 is 1.96 bits per heavy atom. The SMILES string of the molecule is O=C(CSc1ccc2ccccc2c1)OCC(=O)N1CCNC1=O. The number of esters is 1. The third-order valence-corrected chi connectivity index (χ3v) is 4.56. The van der Waals surface area contributed by atoms with E-state index in [2.05, 4.69) is 5.32 Å². The minimum atomic E-state index is -0.506. The zero-order valence-corrected chi connectivity index (χ0v) is 13.7. The number of nitrogens with zero attached hydrogens (tertiary/aromatic N) is 1. The Hall–Kier alpha value is -2.54. The molecule has 1 aliphatic rings. The van der Waals surface area contributed by atoms with Gasteiger partial charge in [-0.15, -0.1) is 11.8 Å². The summed E-state index contributed by atoms with van der Waals surface area (Å²) < 4.78 is 4.94. The number of benzene rings is 2. The van der Waals surface area contributed by atoms with Crippen LogP contribution in [0.25, 0.3) is 10.8 Å². The zero-order valence-electron chi connectivity index (χ0n) is 12.9. The average molecular weight is 344 g/mol. The second kappa shape index (κ2) is 7.35. The number of hydrogen-bond acceptors (Lipinski definition) is 5. The van der Waals surface area contributed by atoms with Crippen LogP contribution in [0, 0.1) is 0 Å². The van der Waals surface area contributed by atoms with Crippen LogP contribution in [0.2, 0.25) is 0 Å². The summed E-state index contributed by atoms with van der Waals surface area (Å²) in [5.41, 5.74) is 0. The van der Waals surface area contributed by atoms with E-state index >= 15 is 0 Å². The molecular formula is C17H16N2O4S. The molecule has 0 aliphatic carbocycles. The lowest BCUT2D eigenvalue weighted by atomic mass is 10.1. The van der Waals surface area contributed by atoms with Gasteiger partial charge < -0.3 is 10.1 Å². The van der Waals surface area contributed by atoms with E-state index in [9.17, 15) is 14.4 Å². The van der Waals surface area contributed by atoms with Crippen molar-refractivity contribution in [2.45, 2.75) is 4.90 Å². The molecule has 6 nitrogen and oxygen atoms in total. The quantitative estimate of drug-likeness (QED) is 0.663. The smallest absolute Gasteiger partial charge is 0.324 e. The average Bonchev–Trinajstić information content (AvgIpc) is 3.03. The van der Waals surface area contributed by atoms with Crippen molar-refractivity contribution in [2.24, 2.45) is 0 Å². The van der Waals surface area contributed by atoms with Crippen molar-refractivity contribution in [3.8, 4) is 0 Å². The van der Waals surface area contributed by atoms with E-state index in [-0.39, 0.29) is 5.75 Å². The van der Waals surface area contributed by atoms with E-state index < -0.39 is 24.5 Å². The van der Waals surface area contributed by atoms with E-state index in [1.165, 1.54) is 11.8 Å². The third kappa shape index (κ3) is 3.86. The summed E-state index contributed by atoms with van der Waals surface area (Å²) >= 11 is 1.35.